The summed E-state index contributed by atoms with van der Waals surface area (Å²) in [6, 6.07) is 4.79. The van der Waals surface area contributed by atoms with Crippen molar-refractivity contribution in [3.8, 4) is 0 Å². The molecular formula is C14H16ClFN2S. The van der Waals surface area contributed by atoms with Gasteiger partial charge >= 0.3 is 0 Å². The quantitative estimate of drug-likeness (QED) is 0.912. The second kappa shape index (κ2) is 6.46. The van der Waals surface area contributed by atoms with Gasteiger partial charge in [-0.25, -0.2) is 9.37 Å². The number of benzene rings is 1. The van der Waals surface area contributed by atoms with Crippen LogP contribution in [0, 0.1) is 12.7 Å². The van der Waals surface area contributed by atoms with Crippen molar-refractivity contribution >= 4 is 22.9 Å². The van der Waals surface area contributed by atoms with E-state index in [-0.39, 0.29) is 11.9 Å². The monoisotopic (exact) mass is 298 g/mol. The molecule has 0 aliphatic heterocycles. The summed E-state index contributed by atoms with van der Waals surface area (Å²) in [5.74, 6) is -0.301. The second-order valence-electron chi connectivity index (χ2n) is 4.49. The number of hydrogen-bond acceptors (Lipinski definition) is 3. The Balaban J connectivity index is 2.06. The molecule has 0 spiro atoms. The Kier molecular flexibility index (Phi) is 4.91. The summed E-state index contributed by atoms with van der Waals surface area (Å²) in [6.45, 7) is 2.00. The van der Waals surface area contributed by atoms with E-state index in [9.17, 15) is 4.39 Å². The summed E-state index contributed by atoms with van der Waals surface area (Å²) >= 11 is 7.71. The number of nitrogens with zero attached hydrogens (tertiary/aromatic N) is 1. The smallest absolute Gasteiger partial charge is 0.124 e. The predicted molar refractivity (Wildman–Crippen MR) is 78.5 cm³/mol. The predicted octanol–water partition coefficient (Wildman–Crippen LogP) is 3.62. The van der Waals surface area contributed by atoms with Crippen LogP contribution in [0.5, 0.6) is 0 Å². The molecular weight excluding hydrogens is 283 g/mol. The Morgan fingerprint density at radius 3 is 2.79 bits per heavy atom. The molecule has 0 radical (unpaired) electrons. The average Bonchev–Trinajstić information content (AvgIpc) is 2.77. The normalized spacial score (nSPS) is 12.6. The van der Waals surface area contributed by atoms with Crippen LogP contribution in [0.1, 0.15) is 16.3 Å². The van der Waals surface area contributed by atoms with Gasteiger partial charge in [0.25, 0.3) is 0 Å². The molecule has 2 nitrogen and oxygen atoms in total. The van der Waals surface area contributed by atoms with E-state index in [1.54, 1.807) is 17.4 Å². The number of rotatable bonds is 5. The van der Waals surface area contributed by atoms with Crippen molar-refractivity contribution in [2.24, 2.45) is 0 Å². The van der Waals surface area contributed by atoms with Gasteiger partial charge in [0.05, 0.1) is 10.7 Å². The van der Waals surface area contributed by atoms with Gasteiger partial charge < -0.3 is 5.32 Å². The summed E-state index contributed by atoms with van der Waals surface area (Å²) in [7, 11) is 1.92. The van der Waals surface area contributed by atoms with E-state index < -0.39 is 0 Å². The molecule has 1 heterocycles. The first-order valence-electron chi connectivity index (χ1n) is 6.10. The summed E-state index contributed by atoms with van der Waals surface area (Å²) in [5.41, 5.74) is 2.04. The molecule has 1 aromatic carbocycles. The van der Waals surface area contributed by atoms with Gasteiger partial charge in [0, 0.05) is 22.9 Å². The topological polar surface area (TPSA) is 24.9 Å². The summed E-state index contributed by atoms with van der Waals surface area (Å²) in [4.78, 5) is 4.46. The number of halogens is 2. The average molecular weight is 299 g/mol. The highest BCUT2D eigenvalue weighted by molar-refractivity contribution is 7.09. The molecule has 0 aliphatic carbocycles. The molecule has 0 saturated carbocycles. The van der Waals surface area contributed by atoms with Crippen molar-refractivity contribution in [3.05, 3.63) is 50.7 Å². The van der Waals surface area contributed by atoms with Gasteiger partial charge in [-0.1, -0.05) is 17.7 Å². The molecule has 2 aromatic rings. The van der Waals surface area contributed by atoms with Gasteiger partial charge in [-0.15, -0.1) is 11.3 Å². The van der Waals surface area contributed by atoms with Crippen LogP contribution in [0.15, 0.2) is 23.6 Å². The molecule has 0 bridgehead atoms. The molecule has 0 aliphatic rings. The molecule has 19 heavy (non-hydrogen) atoms. The van der Waals surface area contributed by atoms with Gasteiger partial charge in [0.15, 0.2) is 0 Å². The zero-order valence-electron chi connectivity index (χ0n) is 10.9. The van der Waals surface area contributed by atoms with Crippen molar-refractivity contribution in [1.29, 1.82) is 0 Å². The first kappa shape index (κ1) is 14.4. The first-order valence-corrected chi connectivity index (χ1v) is 7.36. The van der Waals surface area contributed by atoms with E-state index in [0.29, 0.717) is 5.02 Å². The molecule has 1 atom stereocenters. The molecule has 0 amide bonds. The number of aromatic nitrogens is 1. The summed E-state index contributed by atoms with van der Waals surface area (Å²) < 4.78 is 13.0. The Bertz CT molecular complexity index is 556. The zero-order valence-corrected chi connectivity index (χ0v) is 12.5. The number of nitrogens with one attached hydrogen (secondary N) is 1. The third kappa shape index (κ3) is 4.00. The van der Waals surface area contributed by atoms with Gasteiger partial charge in [-0.3, -0.25) is 0 Å². The fourth-order valence-electron chi connectivity index (χ4n) is 1.98. The third-order valence-electron chi connectivity index (χ3n) is 3.01. The number of thiazole rings is 1. The van der Waals surface area contributed by atoms with Crippen molar-refractivity contribution < 1.29 is 4.39 Å². The molecule has 1 unspecified atom stereocenters. The Morgan fingerprint density at radius 2 is 2.21 bits per heavy atom. The van der Waals surface area contributed by atoms with Crippen LogP contribution >= 0.6 is 22.9 Å². The first-order chi connectivity index (χ1) is 9.08. The van der Waals surface area contributed by atoms with Gasteiger partial charge in [-0.2, -0.15) is 0 Å². The highest BCUT2D eigenvalue weighted by Gasteiger charge is 2.12. The van der Waals surface area contributed by atoms with E-state index in [0.717, 1.165) is 29.1 Å². The molecule has 0 saturated heterocycles. The van der Waals surface area contributed by atoms with Crippen molar-refractivity contribution in [2.45, 2.75) is 25.8 Å². The molecule has 5 heteroatoms. The minimum Gasteiger partial charge on any atom is -0.316 e. The third-order valence-corrected chi connectivity index (χ3v) is 4.19. The Labute approximate surface area is 121 Å². The van der Waals surface area contributed by atoms with E-state index in [2.05, 4.69) is 15.7 Å². The SMILES string of the molecule is CNC(Cc1csc(C)n1)Cc1ccc(F)cc1Cl. The largest absolute Gasteiger partial charge is 0.316 e. The van der Waals surface area contributed by atoms with E-state index in [1.165, 1.54) is 12.1 Å². The van der Waals surface area contributed by atoms with Crippen molar-refractivity contribution in [3.63, 3.8) is 0 Å². The molecule has 0 fully saturated rings. The molecule has 2 rings (SSSR count). The standard InChI is InChI=1S/C14H16ClFN2S/c1-9-18-13(8-19-9)7-12(17-2)5-10-3-4-11(16)6-14(10)15/h3-4,6,8,12,17H,5,7H2,1-2H3. The number of hydrogen-bond donors (Lipinski definition) is 1. The summed E-state index contributed by atoms with van der Waals surface area (Å²) in [5, 5.41) is 6.89. The fourth-order valence-corrected chi connectivity index (χ4v) is 2.85. The van der Waals surface area contributed by atoms with Gasteiger partial charge in [0.1, 0.15) is 5.82 Å². The maximum Gasteiger partial charge on any atom is 0.124 e. The van der Waals surface area contributed by atoms with Crippen LogP contribution in [0.3, 0.4) is 0 Å². The lowest BCUT2D eigenvalue weighted by Crippen LogP contribution is -2.30. The number of likely N-dealkylation sites (N-methyl/N-ethyl adjacent to an activating group) is 1. The van der Waals surface area contributed by atoms with Crippen LogP contribution in [-0.4, -0.2) is 18.1 Å². The van der Waals surface area contributed by atoms with Gasteiger partial charge in [-0.05, 0) is 38.1 Å². The van der Waals surface area contributed by atoms with Crippen LogP contribution in [0.2, 0.25) is 5.02 Å². The maximum atomic E-state index is 13.0. The Morgan fingerprint density at radius 1 is 1.42 bits per heavy atom. The summed E-state index contributed by atoms with van der Waals surface area (Å²) in [6.07, 6.45) is 1.60. The van der Waals surface area contributed by atoms with Crippen LogP contribution in [0.4, 0.5) is 4.39 Å². The molecule has 1 N–H and O–H groups in total. The minimum absolute atomic E-state index is 0.240. The maximum absolute atomic E-state index is 13.0. The zero-order chi connectivity index (χ0) is 13.8. The lowest BCUT2D eigenvalue weighted by molar-refractivity contribution is 0.550. The van der Waals surface area contributed by atoms with Gasteiger partial charge in [0.2, 0.25) is 0 Å². The van der Waals surface area contributed by atoms with Crippen LogP contribution in [0.25, 0.3) is 0 Å². The van der Waals surface area contributed by atoms with E-state index in [4.69, 9.17) is 11.6 Å². The van der Waals surface area contributed by atoms with E-state index in [1.807, 2.05) is 14.0 Å². The lowest BCUT2D eigenvalue weighted by Gasteiger charge is -2.16. The van der Waals surface area contributed by atoms with Crippen molar-refractivity contribution in [1.82, 2.24) is 10.3 Å². The molecule has 102 valence electrons. The van der Waals surface area contributed by atoms with Crippen LogP contribution in [-0.2, 0) is 12.8 Å². The lowest BCUT2D eigenvalue weighted by atomic mass is 10.0. The highest BCUT2D eigenvalue weighted by atomic mass is 35.5. The number of aryl methyl sites for hydroxylation is 1. The fraction of sp³-hybridized carbons (Fsp3) is 0.357. The molecule has 1 aromatic heterocycles. The Hall–Kier alpha value is -0.970. The second-order valence-corrected chi connectivity index (χ2v) is 5.96. The van der Waals surface area contributed by atoms with E-state index >= 15 is 0 Å². The highest BCUT2D eigenvalue weighted by Crippen LogP contribution is 2.20. The van der Waals surface area contributed by atoms with Crippen LogP contribution < -0.4 is 5.32 Å². The minimum atomic E-state index is -0.301. The van der Waals surface area contributed by atoms with Crippen molar-refractivity contribution in [2.75, 3.05) is 7.05 Å².